The molecular weight excluding hydrogens is 290 g/mol. The second-order valence-electron chi connectivity index (χ2n) is 7.30. The third kappa shape index (κ3) is 5.66. The second-order valence-corrected chi connectivity index (χ2v) is 7.30. The van der Waals surface area contributed by atoms with Crippen LogP contribution < -0.4 is 20.5 Å². The molecule has 1 aliphatic rings. The topological polar surface area (TPSA) is 68.9 Å². The van der Waals surface area contributed by atoms with Gasteiger partial charge < -0.3 is 20.5 Å². The van der Waals surface area contributed by atoms with Crippen molar-refractivity contribution in [3.63, 3.8) is 0 Å². The number of anilines is 1. The number of rotatable bonds is 5. The average molecular weight is 319 g/mol. The van der Waals surface area contributed by atoms with Crippen LogP contribution in [0.25, 0.3) is 0 Å². The van der Waals surface area contributed by atoms with Gasteiger partial charge >= 0.3 is 0 Å². The van der Waals surface area contributed by atoms with Crippen LogP contribution in [0.4, 0.5) is 5.69 Å². The van der Waals surface area contributed by atoms with Gasteiger partial charge in [0.05, 0.1) is 13.2 Å². The van der Waals surface area contributed by atoms with Crippen LogP contribution in [-0.2, 0) is 0 Å². The van der Waals surface area contributed by atoms with E-state index >= 15 is 0 Å². The zero-order chi connectivity index (χ0) is 16.9. The van der Waals surface area contributed by atoms with Gasteiger partial charge in [0.1, 0.15) is 0 Å². The minimum absolute atomic E-state index is 0.144. The highest BCUT2D eigenvalue weighted by Gasteiger charge is 2.19. The summed E-state index contributed by atoms with van der Waals surface area (Å²) in [6.07, 6.45) is 2.01. The second kappa shape index (κ2) is 7.57. The van der Waals surface area contributed by atoms with E-state index in [4.69, 9.17) is 15.2 Å². The van der Waals surface area contributed by atoms with E-state index in [1.807, 2.05) is 18.2 Å². The number of fused-ring (bicyclic) bond motifs is 1. The molecule has 1 aliphatic heterocycles. The van der Waals surface area contributed by atoms with E-state index in [1.54, 1.807) is 0 Å². The Morgan fingerprint density at radius 3 is 2.65 bits per heavy atom. The quantitative estimate of drug-likeness (QED) is 0.642. The van der Waals surface area contributed by atoms with Crippen molar-refractivity contribution in [3.05, 3.63) is 18.2 Å². The Hall–Kier alpha value is -1.91. The molecule has 0 amide bonds. The molecule has 0 aromatic heterocycles. The van der Waals surface area contributed by atoms with Crippen LogP contribution in [0.15, 0.2) is 23.2 Å². The van der Waals surface area contributed by atoms with Crippen LogP contribution in [0.5, 0.6) is 11.5 Å². The summed E-state index contributed by atoms with van der Waals surface area (Å²) < 4.78 is 11.3. The SMILES string of the molecule is CC(C)CC(C)(C)CN=C(N)Nc1ccc2c(c1)OCCCO2. The Bertz CT molecular complexity index is 553. The van der Waals surface area contributed by atoms with E-state index in [-0.39, 0.29) is 5.41 Å². The number of nitrogens with zero attached hydrogens (tertiary/aromatic N) is 1. The predicted molar refractivity (Wildman–Crippen MR) is 95.4 cm³/mol. The fourth-order valence-corrected chi connectivity index (χ4v) is 2.90. The summed E-state index contributed by atoms with van der Waals surface area (Å²) in [7, 11) is 0. The maximum atomic E-state index is 6.02. The Kier molecular flexibility index (Phi) is 5.74. The molecule has 1 heterocycles. The standard InChI is InChI=1S/C18H29N3O2/c1-13(2)11-18(3,4)12-20-17(19)21-14-6-7-15-16(10-14)23-9-5-8-22-15/h6-7,10,13H,5,8-9,11-12H2,1-4H3,(H3,19,20,21). The lowest BCUT2D eigenvalue weighted by atomic mass is 9.84. The number of benzene rings is 1. The molecule has 0 aliphatic carbocycles. The molecule has 1 aromatic rings. The van der Waals surface area contributed by atoms with Crippen molar-refractivity contribution in [1.29, 1.82) is 0 Å². The summed E-state index contributed by atoms with van der Waals surface area (Å²) in [5, 5.41) is 3.13. The van der Waals surface area contributed by atoms with Gasteiger partial charge in [-0.15, -0.1) is 0 Å². The smallest absolute Gasteiger partial charge is 0.193 e. The van der Waals surface area contributed by atoms with Crippen LogP contribution in [-0.4, -0.2) is 25.7 Å². The molecule has 0 atom stereocenters. The van der Waals surface area contributed by atoms with Gasteiger partial charge in [-0.2, -0.15) is 0 Å². The van der Waals surface area contributed by atoms with Crippen molar-refractivity contribution in [2.75, 3.05) is 25.1 Å². The van der Waals surface area contributed by atoms with Gasteiger partial charge in [-0.25, -0.2) is 0 Å². The van der Waals surface area contributed by atoms with Crippen molar-refractivity contribution < 1.29 is 9.47 Å². The number of guanidine groups is 1. The summed E-state index contributed by atoms with van der Waals surface area (Å²) in [4.78, 5) is 4.49. The Morgan fingerprint density at radius 2 is 1.96 bits per heavy atom. The van der Waals surface area contributed by atoms with Gasteiger partial charge in [0.2, 0.25) is 0 Å². The maximum Gasteiger partial charge on any atom is 0.193 e. The zero-order valence-corrected chi connectivity index (χ0v) is 14.7. The predicted octanol–water partition coefficient (Wildman–Crippen LogP) is 3.65. The summed E-state index contributed by atoms with van der Waals surface area (Å²) >= 11 is 0. The Labute approximate surface area is 139 Å². The van der Waals surface area contributed by atoms with Gasteiger partial charge in [0, 0.05) is 24.7 Å². The molecule has 128 valence electrons. The first-order chi connectivity index (χ1) is 10.9. The highest BCUT2D eigenvalue weighted by atomic mass is 16.5. The molecule has 0 unspecified atom stereocenters. The van der Waals surface area contributed by atoms with Gasteiger partial charge in [-0.1, -0.05) is 27.7 Å². The van der Waals surface area contributed by atoms with E-state index in [2.05, 4.69) is 38.0 Å². The summed E-state index contributed by atoms with van der Waals surface area (Å²) in [5.41, 5.74) is 7.02. The van der Waals surface area contributed by atoms with E-state index in [0.717, 1.165) is 30.0 Å². The third-order valence-electron chi connectivity index (χ3n) is 3.66. The molecule has 0 fully saturated rings. The molecule has 0 bridgehead atoms. The van der Waals surface area contributed by atoms with Crippen LogP contribution in [0, 0.1) is 11.3 Å². The molecule has 0 spiro atoms. The molecule has 2 rings (SSSR count). The monoisotopic (exact) mass is 319 g/mol. The van der Waals surface area contributed by atoms with Gasteiger partial charge in [0.25, 0.3) is 0 Å². The van der Waals surface area contributed by atoms with Gasteiger partial charge in [-0.05, 0) is 29.9 Å². The Balaban J connectivity index is 1.98. The van der Waals surface area contributed by atoms with Crippen LogP contribution in [0.3, 0.4) is 0 Å². The summed E-state index contributed by atoms with van der Waals surface area (Å²) in [6, 6.07) is 5.73. The molecule has 0 radical (unpaired) electrons. The number of nitrogens with two attached hydrogens (primary N) is 1. The number of aliphatic imine (C=N–C) groups is 1. The average Bonchev–Trinajstić information content (AvgIpc) is 2.69. The lowest BCUT2D eigenvalue weighted by molar-refractivity contribution is 0.297. The fourth-order valence-electron chi connectivity index (χ4n) is 2.90. The normalized spacial score (nSPS) is 15.4. The first kappa shape index (κ1) is 17.4. The van der Waals surface area contributed by atoms with Crippen LogP contribution in [0.2, 0.25) is 0 Å². The minimum atomic E-state index is 0.144. The number of hydrogen-bond donors (Lipinski definition) is 2. The first-order valence-corrected chi connectivity index (χ1v) is 8.32. The largest absolute Gasteiger partial charge is 0.490 e. The summed E-state index contributed by atoms with van der Waals surface area (Å²) in [6.45, 7) is 11.0. The van der Waals surface area contributed by atoms with E-state index in [0.29, 0.717) is 31.6 Å². The van der Waals surface area contributed by atoms with Crippen molar-refractivity contribution in [2.45, 2.75) is 40.5 Å². The third-order valence-corrected chi connectivity index (χ3v) is 3.66. The van der Waals surface area contributed by atoms with Crippen molar-refractivity contribution in [2.24, 2.45) is 22.1 Å². The molecule has 0 saturated carbocycles. The van der Waals surface area contributed by atoms with E-state index < -0.39 is 0 Å². The molecule has 5 heteroatoms. The minimum Gasteiger partial charge on any atom is -0.490 e. The number of ether oxygens (including phenoxy) is 2. The molecule has 23 heavy (non-hydrogen) atoms. The summed E-state index contributed by atoms with van der Waals surface area (Å²) in [5.74, 6) is 2.61. The lowest BCUT2D eigenvalue weighted by Crippen LogP contribution is -2.26. The van der Waals surface area contributed by atoms with Crippen LogP contribution >= 0.6 is 0 Å². The number of hydrogen-bond acceptors (Lipinski definition) is 3. The molecule has 5 nitrogen and oxygen atoms in total. The molecule has 1 aromatic carbocycles. The van der Waals surface area contributed by atoms with E-state index in [9.17, 15) is 0 Å². The number of nitrogens with one attached hydrogen (secondary N) is 1. The van der Waals surface area contributed by atoms with E-state index in [1.165, 1.54) is 0 Å². The Morgan fingerprint density at radius 1 is 1.26 bits per heavy atom. The zero-order valence-electron chi connectivity index (χ0n) is 14.7. The highest BCUT2D eigenvalue weighted by Crippen LogP contribution is 2.32. The first-order valence-electron chi connectivity index (χ1n) is 8.32. The van der Waals surface area contributed by atoms with Crippen LogP contribution in [0.1, 0.15) is 40.5 Å². The van der Waals surface area contributed by atoms with Gasteiger partial charge in [0.15, 0.2) is 17.5 Å². The highest BCUT2D eigenvalue weighted by molar-refractivity contribution is 5.92. The maximum absolute atomic E-state index is 6.02. The molecule has 3 N–H and O–H groups in total. The van der Waals surface area contributed by atoms with Crippen molar-refractivity contribution in [1.82, 2.24) is 0 Å². The molecular formula is C18H29N3O2. The fraction of sp³-hybridized carbons (Fsp3) is 0.611. The van der Waals surface area contributed by atoms with Crippen molar-refractivity contribution in [3.8, 4) is 11.5 Å². The van der Waals surface area contributed by atoms with Gasteiger partial charge in [-0.3, -0.25) is 4.99 Å². The van der Waals surface area contributed by atoms with Crippen molar-refractivity contribution >= 4 is 11.6 Å². The lowest BCUT2D eigenvalue weighted by Gasteiger charge is -2.24. The molecule has 0 saturated heterocycles.